The number of hydrogen-bond acceptors (Lipinski definition) is 3. The van der Waals surface area contributed by atoms with Gasteiger partial charge in [-0.25, -0.2) is 4.79 Å². The number of aromatic nitrogens is 2. The van der Waals surface area contributed by atoms with E-state index in [1.807, 2.05) is 38.2 Å². The number of hydrogen-bond donors (Lipinski definition) is 2. The van der Waals surface area contributed by atoms with Crippen LogP contribution in [0.5, 0.6) is 0 Å². The fraction of sp³-hybridized carbons (Fsp3) is 0.429. The number of carbonyl (C=O) groups excluding carboxylic acids is 1. The lowest BCUT2D eigenvalue weighted by Gasteiger charge is -2.11. The van der Waals surface area contributed by atoms with Gasteiger partial charge in [0, 0.05) is 19.6 Å². The molecule has 1 atom stereocenters. The largest absolute Gasteiger partial charge is 0.353 e. The monoisotopic (exact) mass is 312 g/mol. The Morgan fingerprint density at radius 2 is 1.90 bits per heavy atom. The molecule has 2 aromatic rings. The van der Waals surface area contributed by atoms with Gasteiger partial charge in [-0.3, -0.25) is 13.9 Å². The van der Waals surface area contributed by atoms with Gasteiger partial charge in [-0.1, -0.05) is 12.1 Å². The zero-order valence-electron chi connectivity index (χ0n) is 12.4. The summed E-state index contributed by atoms with van der Waals surface area (Å²) in [6, 6.07) is 7.65. The van der Waals surface area contributed by atoms with Crippen LogP contribution in [-0.4, -0.2) is 34.7 Å². The van der Waals surface area contributed by atoms with Crippen molar-refractivity contribution in [1.29, 1.82) is 0 Å². The van der Waals surface area contributed by atoms with Crippen molar-refractivity contribution in [3.05, 3.63) is 34.7 Å². The highest BCUT2D eigenvalue weighted by atomic mass is 35.5. The summed E-state index contributed by atoms with van der Waals surface area (Å²) < 4.78 is 3.05. The molecule has 1 aromatic heterocycles. The third-order valence-corrected chi connectivity index (χ3v) is 3.45. The molecule has 1 heterocycles. The maximum atomic E-state index is 12.2. The lowest BCUT2D eigenvalue weighted by Crippen LogP contribution is -2.39. The molecule has 0 fully saturated rings. The van der Waals surface area contributed by atoms with E-state index in [0.717, 1.165) is 11.0 Å². The SMILES string of the molecule is CNC(C)CNC(=O)Cn1c(=O)n(C)c2ccccc21.Cl. The third kappa shape index (κ3) is 3.65. The maximum absolute atomic E-state index is 12.2. The topological polar surface area (TPSA) is 68.1 Å². The van der Waals surface area contributed by atoms with E-state index in [1.54, 1.807) is 11.6 Å². The number of halogens is 1. The van der Waals surface area contributed by atoms with Crippen LogP contribution in [0, 0.1) is 0 Å². The minimum atomic E-state index is -0.178. The molecule has 0 aliphatic heterocycles. The fourth-order valence-electron chi connectivity index (χ4n) is 2.08. The summed E-state index contributed by atoms with van der Waals surface area (Å²) in [5.74, 6) is -0.162. The average molecular weight is 313 g/mol. The molecule has 6 nitrogen and oxygen atoms in total. The standard InChI is InChI=1S/C14H20N4O2.ClH/c1-10(15-2)8-16-13(19)9-18-12-7-5-4-6-11(12)17(3)14(18)20;/h4-7,10,15H,8-9H2,1-3H3,(H,16,19);1H. The van der Waals surface area contributed by atoms with Gasteiger partial charge in [0.1, 0.15) is 6.54 Å². The number of para-hydroxylation sites is 2. The smallest absolute Gasteiger partial charge is 0.329 e. The molecule has 116 valence electrons. The molecular formula is C14H21ClN4O2. The van der Waals surface area contributed by atoms with Gasteiger partial charge >= 0.3 is 5.69 Å². The summed E-state index contributed by atoms with van der Waals surface area (Å²) in [7, 11) is 3.55. The highest BCUT2D eigenvalue weighted by Gasteiger charge is 2.13. The number of rotatable bonds is 5. The van der Waals surface area contributed by atoms with Crippen LogP contribution in [0.2, 0.25) is 0 Å². The first-order valence-corrected chi connectivity index (χ1v) is 6.62. The lowest BCUT2D eigenvalue weighted by atomic mass is 10.3. The summed E-state index contributed by atoms with van der Waals surface area (Å²) in [4.78, 5) is 24.1. The molecule has 1 unspecified atom stereocenters. The van der Waals surface area contributed by atoms with Crippen molar-refractivity contribution in [2.75, 3.05) is 13.6 Å². The van der Waals surface area contributed by atoms with E-state index in [-0.39, 0.29) is 36.6 Å². The van der Waals surface area contributed by atoms with E-state index in [0.29, 0.717) is 6.54 Å². The Hall–Kier alpha value is -1.79. The van der Waals surface area contributed by atoms with Crippen molar-refractivity contribution in [1.82, 2.24) is 19.8 Å². The molecule has 21 heavy (non-hydrogen) atoms. The van der Waals surface area contributed by atoms with Crippen molar-refractivity contribution in [2.24, 2.45) is 7.05 Å². The zero-order valence-corrected chi connectivity index (χ0v) is 13.2. The Kier molecular flexibility index (Phi) is 5.99. The number of nitrogens with one attached hydrogen (secondary N) is 2. The minimum Gasteiger partial charge on any atom is -0.353 e. The van der Waals surface area contributed by atoms with E-state index in [2.05, 4.69) is 10.6 Å². The molecule has 7 heteroatoms. The van der Waals surface area contributed by atoms with Gasteiger partial charge in [0.25, 0.3) is 0 Å². The molecule has 0 bridgehead atoms. The molecule has 0 aliphatic rings. The van der Waals surface area contributed by atoms with Gasteiger partial charge in [0.05, 0.1) is 11.0 Å². The Morgan fingerprint density at radius 3 is 2.52 bits per heavy atom. The summed E-state index contributed by atoms with van der Waals surface area (Å²) in [6.45, 7) is 2.55. The van der Waals surface area contributed by atoms with Crippen molar-refractivity contribution < 1.29 is 4.79 Å². The maximum Gasteiger partial charge on any atom is 0.329 e. The Morgan fingerprint density at radius 1 is 1.29 bits per heavy atom. The molecule has 2 rings (SSSR count). The predicted molar refractivity (Wildman–Crippen MR) is 86.0 cm³/mol. The van der Waals surface area contributed by atoms with E-state index in [9.17, 15) is 9.59 Å². The van der Waals surface area contributed by atoms with Crippen molar-refractivity contribution in [3.63, 3.8) is 0 Å². The summed E-state index contributed by atoms with van der Waals surface area (Å²) in [5, 5.41) is 5.85. The molecule has 1 amide bonds. The number of carbonyl (C=O) groups is 1. The van der Waals surface area contributed by atoms with Gasteiger partial charge in [0.15, 0.2) is 0 Å². The Labute approximate surface area is 129 Å². The van der Waals surface area contributed by atoms with E-state index >= 15 is 0 Å². The molecule has 0 spiro atoms. The molecular weight excluding hydrogens is 292 g/mol. The van der Waals surface area contributed by atoms with Crippen molar-refractivity contribution >= 4 is 29.3 Å². The number of imidazole rings is 1. The van der Waals surface area contributed by atoms with Crippen molar-refractivity contribution in [3.8, 4) is 0 Å². The highest BCUT2D eigenvalue weighted by Crippen LogP contribution is 2.10. The molecule has 0 saturated heterocycles. The first-order valence-electron chi connectivity index (χ1n) is 6.62. The predicted octanol–water partition coefficient (Wildman–Crippen LogP) is 0.486. The molecule has 0 aliphatic carbocycles. The van der Waals surface area contributed by atoms with E-state index in [1.165, 1.54) is 4.57 Å². The Balaban J connectivity index is 0.00000220. The number of likely N-dealkylation sites (N-methyl/N-ethyl adjacent to an activating group) is 1. The van der Waals surface area contributed by atoms with Crippen LogP contribution in [0.25, 0.3) is 11.0 Å². The van der Waals surface area contributed by atoms with Crippen LogP contribution in [-0.2, 0) is 18.4 Å². The molecule has 0 saturated carbocycles. The van der Waals surface area contributed by atoms with Gasteiger partial charge in [0.2, 0.25) is 5.91 Å². The number of amides is 1. The van der Waals surface area contributed by atoms with Gasteiger partial charge in [-0.2, -0.15) is 0 Å². The summed E-state index contributed by atoms with van der Waals surface area (Å²) >= 11 is 0. The van der Waals surface area contributed by atoms with Crippen molar-refractivity contribution in [2.45, 2.75) is 19.5 Å². The highest BCUT2D eigenvalue weighted by molar-refractivity contribution is 5.85. The van der Waals surface area contributed by atoms with Crippen LogP contribution in [0.4, 0.5) is 0 Å². The summed E-state index contributed by atoms with van der Waals surface area (Å²) in [6.07, 6.45) is 0. The van der Waals surface area contributed by atoms with E-state index in [4.69, 9.17) is 0 Å². The van der Waals surface area contributed by atoms with E-state index < -0.39 is 0 Å². The first kappa shape index (κ1) is 17.3. The number of benzene rings is 1. The molecule has 1 aromatic carbocycles. The number of nitrogens with zero attached hydrogens (tertiary/aromatic N) is 2. The van der Waals surface area contributed by atoms with Crippen LogP contribution < -0.4 is 16.3 Å². The van der Waals surface area contributed by atoms with Crippen LogP contribution in [0.1, 0.15) is 6.92 Å². The first-order chi connectivity index (χ1) is 9.54. The van der Waals surface area contributed by atoms with Gasteiger partial charge in [-0.05, 0) is 26.1 Å². The normalized spacial score (nSPS) is 12.0. The van der Waals surface area contributed by atoms with Crippen LogP contribution in [0.3, 0.4) is 0 Å². The number of aryl methyl sites for hydroxylation is 1. The van der Waals surface area contributed by atoms with Crippen LogP contribution >= 0.6 is 12.4 Å². The average Bonchev–Trinajstić information content (AvgIpc) is 2.70. The Bertz CT molecular complexity index is 677. The fourth-order valence-corrected chi connectivity index (χ4v) is 2.08. The zero-order chi connectivity index (χ0) is 14.7. The minimum absolute atomic E-state index is 0. The summed E-state index contributed by atoms with van der Waals surface area (Å²) in [5.41, 5.74) is 1.42. The van der Waals surface area contributed by atoms with Crippen LogP contribution in [0.15, 0.2) is 29.1 Å². The molecule has 2 N–H and O–H groups in total. The quantitative estimate of drug-likeness (QED) is 0.844. The molecule has 0 radical (unpaired) electrons. The third-order valence-electron chi connectivity index (χ3n) is 3.45. The van der Waals surface area contributed by atoms with Gasteiger partial charge < -0.3 is 10.6 Å². The second-order valence-corrected chi connectivity index (χ2v) is 4.91. The lowest BCUT2D eigenvalue weighted by molar-refractivity contribution is -0.121. The second-order valence-electron chi connectivity index (χ2n) is 4.91. The van der Waals surface area contributed by atoms with Gasteiger partial charge in [-0.15, -0.1) is 12.4 Å². The second kappa shape index (κ2) is 7.28. The number of fused-ring (bicyclic) bond motifs is 1.